The van der Waals surface area contributed by atoms with Crippen LogP contribution in [0.25, 0.3) is 0 Å². The fraction of sp³-hybridized carbons (Fsp3) is 0.318. The molecule has 0 aromatic heterocycles. The summed E-state index contributed by atoms with van der Waals surface area (Å²) in [7, 11) is 0. The summed E-state index contributed by atoms with van der Waals surface area (Å²) >= 11 is 6.02. The molecular weight excluding hydrogens is 390 g/mol. The summed E-state index contributed by atoms with van der Waals surface area (Å²) < 4.78 is 5.53. The van der Waals surface area contributed by atoms with Crippen LogP contribution in [0.1, 0.15) is 42.3 Å². The molecule has 6 nitrogen and oxygen atoms in total. The topological polar surface area (TPSA) is 79.8 Å². The average Bonchev–Trinajstić information content (AvgIpc) is 2.68. The molecule has 2 N–H and O–H groups in total. The Morgan fingerprint density at radius 2 is 1.86 bits per heavy atom. The van der Waals surface area contributed by atoms with Gasteiger partial charge in [-0.2, -0.15) is 5.10 Å². The predicted octanol–water partition coefficient (Wildman–Crippen LogP) is 3.95. The molecule has 0 aliphatic heterocycles. The lowest BCUT2D eigenvalue weighted by atomic mass is 10.0. The Morgan fingerprint density at radius 1 is 1.17 bits per heavy atom. The van der Waals surface area contributed by atoms with Crippen molar-refractivity contribution in [3.8, 4) is 5.75 Å². The Morgan fingerprint density at radius 3 is 2.48 bits per heavy atom. The fourth-order valence-corrected chi connectivity index (χ4v) is 2.79. The molecule has 0 saturated carbocycles. The second kappa shape index (κ2) is 10.6. The Hall–Kier alpha value is -2.86. The fourth-order valence-electron chi connectivity index (χ4n) is 2.61. The highest BCUT2D eigenvalue weighted by Crippen LogP contribution is 2.21. The molecule has 2 rings (SSSR count). The van der Waals surface area contributed by atoms with E-state index in [4.69, 9.17) is 16.3 Å². The van der Waals surface area contributed by atoms with E-state index < -0.39 is 11.9 Å². The third-order valence-electron chi connectivity index (χ3n) is 4.20. The molecule has 0 heterocycles. The summed E-state index contributed by atoms with van der Waals surface area (Å²) in [4.78, 5) is 25.0. The van der Waals surface area contributed by atoms with E-state index in [9.17, 15) is 9.59 Å². The summed E-state index contributed by atoms with van der Waals surface area (Å²) in [5.74, 6) is -0.222. The van der Waals surface area contributed by atoms with Gasteiger partial charge in [-0.05, 0) is 50.1 Å². The van der Waals surface area contributed by atoms with Gasteiger partial charge in [-0.1, -0.05) is 43.1 Å². The van der Waals surface area contributed by atoms with Crippen molar-refractivity contribution in [2.75, 3.05) is 6.61 Å². The number of halogens is 1. The van der Waals surface area contributed by atoms with Crippen molar-refractivity contribution in [1.29, 1.82) is 0 Å². The van der Waals surface area contributed by atoms with E-state index in [0.717, 1.165) is 5.56 Å². The quantitative estimate of drug-likeness (QED) is 0.506. The molecule has 0 spiro atoms. The summed E-state index contributed by atoms with van der Waals surface area (Å²) in [5.41, 5.74) is 4.68. The summed E-state index contributed by atoms with van der Waals surface area (Å²) in [6, 6.07) is 11.6. The summed E-state index contributed by atoms with van der Waals surface area (Å²) in [6.45, 7) is 8.03. The predicted molar refractivity (Wildman–Crippen MR) is 116 cm³/mol. The highest BCUT2D eigenvalue weighted by Gasteiger charge is 2.24. The monoisotopic (exact) mass is 415 g/mol. The van der Waals surface area contributed by atoms with Crippen LogP contribution < -0.4 is 15.5 Å². The van der Waals surface area contributed by atoms with E-state index in [2.05, 4.69) is 15.8 Å². The van der Waals surface area contributed by atoms with Crippen molar-refractivity contribution in [2.24, 2.45) is 11.0 Å². The lowest BCUT2D eigenvalue weighted by molar-refractivity contribution is -0.123. The number of nitrogens with one attached hydrogen (secondary N) is 2. The zero-order chi connectivity index (χ0) is 21.4. The molecule has 0 radical (unpaired) electrons. The Balaban J connectivity index is 2.06. The molecule has 7 heteroatoms. The van der Waals surface area contributed by atoms with Crippen molar-refractivity contribution in [2.45, 2.75) is 33.7 Å². The van der Waals surface area contributed by atoms with Crippen LogP contribution in [0.15, 0.2) is 47.6 Å². The first-order valence-electron chi connectivity index (χ1n) is 9.44. The number of amides is 2. The SMILES string of the molecule is CCOc1ccc(Cl)cc1/C=N\NC(=O)C(NC(=O)c1ccc(C)cc1)C(C)C. The first-order chi connectivity index (χ1) is 13.8. The molecule has 154 valence electrons. The number of aryl methyl sites for hydroxylation is 1. The lowest BCUT2D eigenvalue weighted by Gasteiger charge is -2.20. The third-order valence-corrected chi connectivity index (χ3v) is 4.43. The molecule has 0 aliphatic carbocycles. The van der Waals surface area contributed by atoms with Crippen LogP contribution in [0.2, 0.25) is 5.02 Å². The molecule has 1 unspecified atom stereocenters. The number of carbonyl (C=O) groups excluding carboxylic acids is 2. The van der Waals surface area contributed by atoms with Crippen molar-refractivity contribution >= 4 is 29.6 Å². The van der Waals surface area contributed by atoms with Crippen molar-refractivity contribution < 1.29 is 14.3 Å². The van der Waals surface area contributed by atoms with Gasteiger partial charge in [0, 0.05) is 16.1 Å². The number of carbonyl (C=O) groups is 2. The molecular formula is C22H26ClN3O3. The first-order valence-corrected chi connectivity index (χ1v) is 9.82. The van der Waals surface area contributed by atoms with Crippen molar-refractivity contribution in [1.82, 2.24) is 10.7 Å². The van der Waals surface area contributed by atoms with Crippen LogP contribution >= 0.6 is 11.6 Å². The van der Waals surface area contributed by atoms with Gasteiger partial charge in [-0.3, -0.25) is 9.59 Å². The van der Waals surface area contributed by atoms with Crippen LogP contribution in [0.3, 0.4) is 0 Å². The second-order valence-electron chi connectivity index (χ2n) is 6.91. The Kier molecular flexibility index (Phi) is 8.21. The van der Waals surface area contributed by atoms with Gasteiger partial charge in [0.05, 0.1) is 12.8 Å². The van der Waals surface area contributed by atoms with Gasteiger partial charge in [0.25, 0.3) is 11.8 Å². The smallest absolute Gasteiger partial charge is 0.262 e. The highest BCUT2D eigenvalue weighted by molar-refractivity contribution is 6.30. The first kappa shape index (κ1) is 22.4. The zero-order valence-electron chi connectivity index (χ0n) is 17.0. The molecule has 0 fully saturated rings. The normalized spacial score (nSPS) is 12.1. The van der Waals surface area contributed by atoms with Crippen LogP contribution in [0.4, 0.5) is 0 Å². The molecule has 0 saturated heterocycles. The van der Waals surface area contributed by atoms with Crippen LogP contribution in [0.5, 0.6) is 5.75 Å². The maximum absolute atomic E-state index is 12.6. The van der Waals surface area contributed by atoms with Gasteiger partial charge < -0.3 is 10.1 Å². The number of hydrogen-bond donors (Lipinski definition) is 2. The van der Waals surface area contributed by atoms with E-state index in [1.165, 1.54) is 6.21 Å². The molecule has 2 amide bonds. The molecule has 2 aromatic carbocycles. The third kappa shape index (κ3) is 6.61. The van der Waals surface area contributed by atoms with Crippen molar-refractivity contribution in [3.05, 3.63) is 64.2 Å². The summed E-state index contributed by atoms with van der Waals surface area (Å²) in [5, 5.41) is 7.31. The van der Waals surface area contributed by atoms with E-state index in [1.807, 2.05) is 39.8 Å². The minimum atomic E-state index is -0.730. The Labute approximate surface area is 176 Å². The van der Waals surface area contributed by atoms with E-state index in [-0.39, 0.29) is 11.8 Å². The van der Waals surface area contributed by atoms with Crippen molar-refractivity contribution in [3.63, 3.8) is 0 Å². The van der Waals surface area contributed by atoms with Gasteiger partial charge in [0.2, 0.25) is 0 Å². The van der Waals surface area contributed by atoms with Crippen LogP contribution in [-0.2, 0) is 4.79 Å². The highest BCUT2D eigenvalue weighted by atomic mass is 35.5. The maximum atomic E-state index is 12.6. The lowest BCUT2D eigenvalue weighted by Crippen LogP contribution is -2.48. The summed E-state index contributed by atoms with van der Waals surface area (Å²) in [6.07, 6.45) is 1.47. The zero-order valence-corrected chi connectivity index (χ0v) is 17.8. The second-order valence-corrected chi connectivity index (χ2v) is 7.35. The van der Waals surface area contributed by atoms with E-state index in [0.29, 0.717) is 28.5 Å². The molecule has 29 heavy (non-hydrogen) atoms. The minimum Gasteiger partial charge on any atom is -0.493 e. The van der Waals surface area contributed by atoms with Gasteiger partial charge >= 0.3 is 0 Å². The Bertz CT molecular complexity index is 879. The van der Waals surface area contributed by atoms with E-state index >= 15 is 0 Å². The average molecular weight is 416 g/mol. The number of hydrogen-bond acceptors (Lipinski definition) is 4. The van der Waals surface area contributed by atoms with E-state index in [1.54, 1.807) is 30.3 Å². The number of benzene rings is 2. The number of rotatable bonds is 8. The number of ether oxygens (including phenoxy) is 1. The molecule has 2 aromatic rings. The molecule has 1 atom stereocenters. The molecule has 0 aliphatic rings. The largest absolute Gasteiger partial charge is 0.493 e. The minimum absolute atomic E-state index is 0.121. The van der Waals surface area contributed by atoms with Gasteiger partial charge in [-0.15, -0.1) is 0 Å². The van der Waals surface area contributed by atoms with Gasteiger partial charge in [0.1, 0.15) is 11.8 Å². The van der Waals surface area contributed by atoms with Gasteiger partial charge in [-0.25, -0.2) is 5.43 Å². The number of nitrogens with zero attached hydrogens (tertiary/aromatic N) is 1. The van der Waals surface area contributed by atoms with Crippen LogP contribution in [-0.4, -0.2) is 30.7 Å². The maximum Gasteiger partial charge on any atom is 0.262 e. The number of hydrazone groups is 1. The molecule has 0 bridgehead atoms. The van der Waals surface area contributed by atoms with Crippen LogP contribution in [0, 0.1) is 12.8 Å². The van der Waals surface area contributed by atoms with Gasteiger partial charge in [0.15, 0.2) is 0 Å². The standard InChI is InChI=1S/C22H26ClN3O3/c1-5-29-19-11-10-18(23)12-17(19)13-24-26-22(28)20(14(2)3)25-21(27)16-8-6-15(4)7-9-16/h6-14,20H,5H2,1-4H3,(H,25,27)(H,26,28)/b24-13-.